The summed E-state index contributed by atoms with van der Waals surface area (Å²) in [5.41, 5.74) is 4.30. The fourth-order valence-electron chi connectivity index (χ4n) is 3.90. The van der Waals surface area contributed by atoms with E-state index in [1.165, 1.54) is 6.21 Å². The van der Waals surface area contributed by atoms with Crippen molar-refractivity contribution < 1.29 is 5.11 Å². The number of aliphatic imine (C=N–C) groups is 1. The molecule has 0 fully saturated rings. The highest BCUT2D eigenvalue weighted by molar-refractivity contribution is 6.04. The highest BCUT2D eigenvalue weighted by Crippen LogP contribution is 2.31. The van der Waals surface area contributed by atoms with E-state index in [1.807, 2.05) is 54.6 Å². The van der Waals surface area contributed by atoms with Gasteiger partial charge in [-0.25, -0.2) is 0 Å². The number of para-hydroxylation sites is 1. The Balaban J connectivity index is 1.64. The van der Waals surface area contributed by atoms with Crippen LogP contribution >= 0.6 is 0 Å². The van der Waals surface area contributed by atoms with Crippen LogP contribution < -0.4 is 5.56 Å². The number of aromatic hydroxyl groups is 1. The minimum atomic E-state index is -0.372. The Morgan fingerprint density at radius 1 is 1.03 bits per heavy atom. The largest absolute Gasteiger partial charge is 0.494 e. The van der Waals surface area contributed by atoms with E-state index in [-0.39, 0.29) is 11.4 Å². The first kappa shape index (κ1) is 20.2. The van der Waals surface area contributed by atoms with E-state index in [9.17, 15) is 9.90 Å². The monoisotopic (exact) mass is 430 g/mol. The molecule has 5 rings (SSSR count). The third-order valence-electron chi connectivity index (χ3n) is 5.55. The van der Waals surface area contributed by atoms with Crippen LogP contribution in [0.4, 0.5) is 5.69 Å². The minimum absolute atomic E-state index is 0.245. The van der Waals surface area contributed by atoms with Crippen molar-refractivity contribution in [2.75, 3.05) is 0 Å². The van der Waals surface area contributed by atoms with Crippen LogP contribution in [-0.4, -0.2) is 21.3 Å². The van der Waals surface area contributed by atoms with Gasteiger partial charge in [0.05, 0.1) is 29.3 Å². The zero-order valence-corrected chi connectivity index (χ0v) is 17.5. The number of nitrogens with zero attached hydrogens (tertiary/aromatic N) is 3. The average molecular weight is 430 g/mol. The minimum Gasteiger partial charge on any atom is -0.494 e. The molecule has 6 nitrogen and oxygen atoms in total. The lowest BCUT2D eigenvalue weighted by Gasteiger charge is -2.09. The Bertz CT molecular complexity index is 1620. The van der Waals surface area contributed by atoms with Crippen molar-refractivity contribution in [3.05, 3.63) is 100 Å². The molecule has 0 aliphatic rings. The smallest absolute Gasteiger partial charge is 0.258 e. The summed E-state index contributed by atoms with van der Waals surface area (Å²) in [5.74, 6) is -0.245. The average Bonchev–Trinajstić information content (AvgIpc) is 2.84. The summed E-state index contributed by atoms with van der Waals surface area (Å²) in [6.45, 7) is 0. The van der Waals surface area contributed by atoms with E-state index >= 15 is 0 Å². The quantitative estimate of drug-likeness (QED) is 0.379. The summed E-state index contributed by atoms with van der Waals surface area (Å²) in [7, 11) is 0. The molecule has 2 N–H and O–H groups in total. The third kappa shape index (κ3) is 3.84. The molecular weight excluding hydrogens is 412 g/mol. The maximum atomic E-state index is 12.5. The predicted octanol–water partition coefficient (Wildman–Crippen LogP) is 5.27. The number of hydrogen-bond donors (Lipinski definition) is 2. The first-order valence-corrected chi connectivity index (χ1v) is 10.4. The molecular formula is C27H18N4O2. The standard InChI is InChI=1S/C27H18N4O2/c28-13-12-17-6-9-20(10-7-17)30-16-24-23-15-19(8-11-22(23)26(32)31-27(24)33)21-5-1-3-18-4-2-14-29-25(18)21/h1-11,14-16H,12H2,(H2,31,32,33). The normalized spacial score (nSPS) is 11.2. The lowest BCUT2D eigenvalue weighted by Crippen LogP contribution is -2.08. The molecule has 0 saturated carbocycles. The first-order valence-electron chi connectivity index (χ1n) is 10.4. The molecule has 6 heteroatoms. The molecule has 158 valence electrons. The molecule has 0 radical (unpaired) electrons. The van der Waals surface area contributed by atoms with Crippen molar-refractivity contribution >= 4 is 33.6 Å². The summed E-state index contributed by atoms with van der Waals surface area (Å²) >= 11 is 0. The van der Waals surface area contributed by atoms with Gasteiger partial charge in [0.15, 0.2) is 0 Å². The number of aromatic nitrogens is 2. The number of H-pyrrole nitrogens is 1. The first-order chi connectivity index (χ1) is 16.1. The van der Waals surface area contributed by atoms with Crippen LogP contribution in [0.5, 0.6) is 5.88 Å². The Kier molecular flexibility index (Phi) is 5.13. The van der Waals surface area contributed by atoms with Gasteiger partial charge in [-0.3, -0.25) is 19.8 Å². The van der Waals surface area contributed by atoms with Crippen LogP contribution in [0, 0.1) is 11.3 Å². The second-order valence-corrected chi connectivity index (χ2v) is 7.62. The van der Waals surface area contributed by atoms with Crippen molar-refractivity contribution in [1.29, 1.82) is 5.26 Å². The summed E-state index contributed by atoms with van der Waals surface area (Å²) in [4.78, 5) is 24.0. The van der Waals surface area contributed by atoms with Gasteiger partial charge in [0, 0.05) is 34.1 Å². The summed E-state index contributed by atoms with van der Waals surface area (Å²) in [6.07, 6.45) is 3.63. The summed E-state index contributed by atoms with van der Waals surface area (Å²) < 4.78 is 0. The molecule has 2 heterocycles. The Morgan fingerprint density at radius 3 is 2.67 bits per heavy atom. The van der Waals surface area contributed by atoms with Gasteiger partial charge in [-0.1, -0.05) is 42.5 Å². The van der Waals surface area contributed by atoms with Crippen LogP contribution in [0.1, 0.15) is 11.1 Å². The van der Waals surface area contributed by atoms with E-state index in [0.29, 0.717) is 28.4 Å². The van der Waals surface area contributed by atoms with E-state index in [2.05, 4.69) is 21.0 Å². The van der Waals surface area contributed by atoms with Crippen LogP contribution in [0.2, 0.25) is 0 Å². The van der Waals surface area contributed by atoms with E-state index < -0.39 is 0 Å². The lowest BCUT2D eigenvalue weighted by atomic mass is 9.98. The number of aromatic amines is 1. The Morgan fingerprint density at radius 2 is 1.85 bits per heavy atom. The van der Waals surface area contributed by atoms with Crippen molar-refractivity contribution in [2.24, 2.45) is 4.99 Å². The van der Waals surface area contributed by atoms with Gasteiger partial charge in [0.2, 0.25) is 5.88 Å². The highest BCUT2D eigenvalue weighted by atomic mass is 16.3. The van der Waals surface area contributed by atoms with Gasteiger partial charge in [0.1, 0.15) is 0 Å². The maximum absolute atomic E-state index is 12.5. The van der Waals surface area contributed by atoms with Gasteiger partial charge in [-0.05, 0) is 41.5 Å². The molecule has 0 atom stereocenters. The van der Waals surface area contributed by atoms with Crippen molar-refractivity contribution in [1.82, 2.24) is 9.97 Å². The summed E-state index contributed by atoms with van der Waals surface area (Å²) in [5, 5.41) is 21.4. The zero-order chi connectivity index (χ0) is 22.8. The SMILES string of the molecule is N#CCc1ccc(N=Cc2c(O)[nH]c(=O)c3ccc(-c4cccc5cccnc45)cc23)cc1. The van der Waals surface area contributed by atoms with Crippen LogP contribution in [0.15, 0.2) is 88.8 Å². The van der Waals surface area contributed by atoms with Crippen molar-refractivity contribution in [2.45, 2.75) is 6.42 Å². The van der Waals surface area contributed by atoms with Crippen LogP contribution in [0.25, 0.3) is 32.8 Å². The van der Waals surface area contributed by atoms with Gasteiger partial charge in [-0.15, -0.1) is 0 Å². The predicted molar refractivity (Wildman–Crippen MR) is 130 cm³/mol. The third-order valence-corrected chi connectivity index (χ3v) is 5.55. The van der Waals surface area contributed by atoms with Gasteiger partial charge in [-0.2, -0.15) is 5.26 Å². The molecule has 0 aliphatic heterocycles. The van der Waals surface area contributed by atoms with Gasteiger partial charge < -0.3 is 5.11 Å². The van der Waals surface area contributed by atoms with Crippen LogP contribution in [-0.2, 0) is 6.42 Å². The number of nitrogens with one attached hydrogen (secondary N) is 1. The molecule has 2 aromatic heterocycles. The Labute approximate surface area is 189 Å². The van der Waals surface area contributed by atoms with Gasteiger partial charge >= 0.3 is 0 Å². The number of fused-ring (bicyclic) bond motifs is 2. The topological polar surface area (TPSA) is 102 Å². The molecule has 0 spiro atoms. The molecule has 0 saturated heterocycles. The molecule has 0 amide bonds. The maximum Gasteiger partial charge on any atom is 0.258 e. The van der Waals surface area contributed by atoms with E-state index in [0.717, 1.165) is 27.6 Å². The lowest BCUT2D eigenvalue weighted by molar-refractivity contribution is 0.452. The number of hydrogen-bond acceptors (Lipinski definition) is 5. The van der Waals surface area contributed by atoms with Crippen LogP contribution in [0.3, 0.4) is 0 Å². The molecule has 33 heavy (non-hydrogen) atoms. The van der Waals surface area contributed by atoms with Gasteiger partial charge in [0.25, 0.3) is 5.56 Å². The number of pyridine rings is 2. The molecule has 5 aromatic rings. The van der Waals surface area contributed by atoms with E-state index in [1.54, 1.807) is 24.4 Å². The Hall–Kier alpha value is -4.76. The number of rotatable bonds is 4. The molecule has 3 aromatic carbocycles. The fourth-order valence-corrected chi connectivity index (χ4v) is 3.90. The molecule has 0 unspecified atom stereocenters. The number of nitriles is 1. The fraction of sp³-hybridized carbons (Fsp3) is 0.0370. The second-order valence-electron chi connectivity index (χ2n) is 7.62. The second kappa shape index (κ2) is 8.40. The number of benzene rings is 3. The summed E-state index contributed by atoms with van der Waals surface area (Å²) in [6, 6.07) is 24.8. The molecule has 0 bridgehead atoms. The zero-order valence-electron chi connectivity index (χ0n) is 17.5. The van der Waals surface area contributed by atoms with Crippen molar-refractivity contribution in [3.8, 4) is 23.1 Å². The van der Waals surface area contributed by atoms with E-state index in [4.69, 9.17) is 5.26 Å². The van der Waals surface area contributed by atoms with Crippen molar-refractivity contribution in [3.63, 3.8) is 0 Å². The molecule has 0 aliphatic carbocycles. The highest BCUT2D eigenvalue weighted by Gasteiger charge is 2.12.